The lowest BCUT2D eigenvalue weighted by Gasteiger charge is -2.34. The highest BCUT2D eigenvalue weighted by molar-refractivity contribution is 8.04. The third kappa shape index (κ3) is 4.08. The summed E-state index contributed by atoms with van der Waals surface area (Å²) < 4.78 is 0. The normalized spacial score (nSPS) is 16.7. The molecule has 0 saturated carbocycles. The molecule has 3 aromatic rings. The fourth-order valence-electron chi connectivity index (χ4n) is 4.18. The summed E-state index contributed by atoms with van der Waals surface area (Å²) in [7, 11) is 0. The molecule has 0 bridgehead atoms. The van der Waals surface area contributed by atoms with Gasteiger partial charge in [0.15, 0.2) is 0 Å². The number of benzene rings is 3. The fraction of sp³-hybridized carbons (Fsp3) is 0.185. The Labute approximate surface area is 192 Å². The SMILES string of the molecule is Cc1ccc(C=C2Sc3ccccc3N(CC(=O)N3CCc4ccccc4C3)C2=O)cc1. The van der Waals surface area contributed by atoms with Crippen molar-refractivity contribution in [2.45, 2.75) is 24.8 Å². The average molecular weight is 441 g/mol. The maximum absolute atomic E-state index is 13.4. The molecule has 2 aliphatic rings. The van der Waals surface area contributed by atoms with Gasteiger partial charge in [0.05, 0.1) is 10.6 Å². The Morgan fingerprint density at radius 1 is 0.969 bits per heavy atom. The van der Waals surface area contributed by atoms with Gasteiger partial charge in [-0.2, -0.15) is 0 Å². The summed E-state index contributed by atoms with van der Waals surface area (Å²) in [6.07, 6.45) is 2.76. The van der Waals surface area contributed by atoms with Crippen LogP contribution in [0.1, 0.15) is 22.3 Å². The molecule has 2 heterocycles. The molecule has 160 valence electrons. The minimum absolute atomic E-state index is 0.0238. The van der Waals surface area contributed by atoms with Crippen LogP contribution in [0.5, 0.6) is 0 Å². The Morgan fingerprint density at radius 2 is 1.69 bits per heavy atom. The van der Waals surface area contributed by atoms with Crippen molar-refractivity contribution < 1.29 is 9.59 Å². The number of hydrogen-bond acceptors (Lipinski definition) is 3. The van der Waals surface area contributed by atoms with Crippen molar-refractivity contribution in [2.75, 3.05) is 18.0 Å². The second kappa shape index (κ2) is 8.67. The van der Waals surface area contributed by atoms with Gasteiger partial charge in [-0.25, -0.2) is 0 Å². The van der Waals surface area contributed by atoms with Crippen LogP contribution < -0.4 is 4.90 Å². The molecule has 0 N–H and O–H groups in total. The molecule has 0 aromatic heterocycles. The molecule has 5 rings (SSSR count). The molecular formula is C27H24N2O2S. The lowest BCUT2D eigenvalue weighted by Crippen LogP contribution is -2.45. The quantitative estimate of drug-likeness (QED) is 0.535. The van der Waals surface area contributed by atoms with E-state index >= 15 is 0 Å². The molecule has 0 atom stereocenters. The summed E-state index contributed by atoms with van der Waals surface area (Å²) >= 11 is 1.47. The van der Waals surface area contributed by atoms with E-state index in [1.54, 1.807) is 4.90 Å². The van der Waals surface area contributed by atoms with E-state index in [9.17, 15) is 9.59 Å². The summed E-state index contributed by atoms with van der Waals surface area (Å²) in [4.78, 5) is 31.8. The second-order valence-corrected chi connectivity index (χ2v) is 9.30. The maximum atomic E-state index is 13.4. The molecule has 0 radical (unpaired) electrons. The van der Waals surface area contributed by atoms with Crippen LogP contribution in [0.2, 0.25) is 0 Å². The molecule has 5 heteroatoms. The van der Waals surface area contributed by atoms with E-state index < -0.39 is 0 Å². The van der Waals surface area contributed by atoms with Gasteiger partial charge in [-0.3, -0.25) is 14.5 Å². The Bertz CT molecular complexity index is 1220. The van der Waals surface area contributed by atoms with Crippen molar-refractivity contribution in [1.29, 1.82) is 0 Å². The minimum atomic E-state index is -0.125. The molecule has 32 heavy (non-hydrogen) atoms. The van der Waals surface area contributed by atoms with Gasteiger partial charge >= 0.3 is 0 Å². The number of rotatable bonds is 3. The number of hydrogen-bond donors (Lipinski definition) is 0. The zero-order valence-corrected chi connectivity index (χ0v) is 18.8. The lowest BCUT2D eigenvalue weighted by atomic mass is 10.00. The smallest absolute Gasteiger partial charge is 0.265 e. The number of carbonyl (C=O) groups is 2. The third-order valence-corrected chi connectivity index (χ3v) is 7.06. The van der Waals surface area contributed by atoms with E-state index in [1.165, 1.54) is 28.5 Å². The zero-order chi connectivity index (χ0) is 22.1. The predicted molar refractivity (Wildman–Crippen MR) is 129 cm³/mol. The maximum Gasteiger partial charge on any atom is 0.265 e. The summed E-state index contributed by atoms with van der Waals surface area (Å²) in [5.41, 5.74) is 5.44. The summed E-state index contributed by atoms with van der Waals surface area (Å²) in [5.74, 6) is -0.149. The first-order chi connectivity index (χ1) is 15.6. The Balaban J connectivity index is 1.41. The first kappa shape index (κ1) is 20.6. The fourth-order valence-corrected chi connectivity index (χ4v) is 5.24. The van der Waals surface area contributed by atoms with E-state index in [0.717, 1.165) is 22.6 Å². The van der Waals surface area contributed by atoms with Gasteiger partial charge < -0.3 is 4.90 Å². The topological polar surface area (TPSA) is 40.6 Å². The van der Waals surface area contributed by atoms with Crippen LogP contribution in [0.4, 0.5) is 5.69 Å². The molecule has 0 saturated heterocycles. The van der Waals surface area contributed by atoms with Crippen LogP contribution in [0.15, 0.2) is 82.6 Å². The van der Waals surface area contributed by atoms with E-state index in [2.05, 4.69) is 12.1 Å². The van der Waals surface area contributed by atoms with Crippen LogP contribution >= 0.6 is 11.8 Å². The highest BCUT2D eigenvalue weighted by Crippen LogP contribution is 2.42. The molecule has 4 nitrogen and oxygen atoms in total. The first-order valence-electron chi connectivity index (χ1n) is 10.8. The van der Waals surface area contributed by atoms with Crippen molar-refractivity contribution in [3.05, 3.63) is 100.0 Å². The Hall–Kier alpha value is -3.31. The number of thioether (sulfide) groups is 1. The first-order valence-corrected chi connectivity index (χ1v) is 11.6. The van der Waals surface area contributed by atoms with Crippen molar-refractivity contribution >= 4 is 35.3 Å². The van der Waals surface area contributed by atoms with E-state index in [-0.39, 0.29) is 18.4 Å². The second-order valence-electron chi connectivity index (χ2n) is 8.21. The molecule has 0 unspecified atom stereocenters. The van der Waals surface area contributed by atoms with E-state index in [1.807, 2.05) is 78.6 Å². The zero-order valence-electron chi connectivity index (χ0n) is 18.0. The predicted octanol–water partition coefficient (Wildman–Crippen LogP) is 5.06. The van der Waals surface area contributed by atoms with Gasteiger partial charge in [-0.05, 0) is 48.2 Å². The number of para-hydroxylation sites is 1. The van der Waals surface area contributed by atoms with Gasteiger partial charge in [-0.1, -0.05) is 78.0 Å². The lowest BCUT2D eigenvalue weighted by molar-refractivity contribution is -0.131. The molecule has 0 spiro atoms. The molecule has 2 amide bonds. The van der Waals surface area contributed by atoms with Gasteiger partial charge in [0.25, 0.3) is 5.91 Å². The third-order valence-electron chi connectivity index (χ3n) is 5.98. The Kier molecular flexibility index (Phi) is 5.58. The van der Waals surface area contributed by atoms with Crippen molar-refractivity contribution in [3.8, 4) is 0 Å². The standard InChI is InChI=1S/C27H24N2O2S/c1-19-10-12-20(13-11-19)16-25-27(31)29(23-8-4-5-9-24(23)32-25)18-26(30)28-15-14-21-6-2-3-7-22(21)17-28/h2-13,16H,14-15,17-18H2,1H3. The number of fused-ring (bicyclic) bond motifs is 2. The van der Waals surface area contributed by atoms with E-state index in [4.69, 9.17) is 0 Å². The molecule has 2 aliphatic heterocycles. The van der Waals surface area contributed by atoms with Gasteiger partial charge in [0.1, 0.15) is 6.54 Å². The number of aryl methyl sites for hydroxylation is 1. The molecular weight excluding hydrogens is 416 g/mol. The summed E-state index contributed by atoms with van der Waals surface area (Å²) in [6, 6.07) is 24.1. The number of amides is 2. The highest BCUT2D eigenvalue weighted by Gasteiger charge is 2.32. The summed E-state index contributed by atoms with van der Waals surface area (Å²) in [5, 5.41) is 0. The van der Waals surface area contributed by atoms with Crippen LogP contribution in [0, 0.1) is 6.92 Å². The van der Waals surface area contributed by atoms with Crippen molar-refractivity contribution in [1.82, 2.24) is 4.90 Å². The monoisotopic (exact) mass is 440 g/mol. The van der Waals surface area contributed by atoms with Gasteiger partial charge in [-0.15, -0.1) is 0 Å². The average Bonchev–Trinajstić information content (AvgIpc) is 2.82. The molecule has 3 aromatic carbocycles. The molecule has 0 fully saturated rings. The number of nitrogens with zero attached hydrogens (tertiary/aromatic N) is 2. The molecule has 0 aliphatic carbocycles. The van der Waals surface area contributed by atoms with Gasteiger partial charge in [0.2, 0.25) is 5.91 Å². The van der Waals surface area contributed by atoms with Crippen molar-refractivity contribution in [2.24, 2.45) is 0 Å². The summed E-state index contributed by atoms with van der Waals surface area (Å²) in [6.45, 7) is 3.36. The van der Waals surface area contributed by atoms with Crippen LogP contribution in [0.25, 0.3) is 6.08 Å². The number of anilines is 1. The number of carbonyl (C=O) groups excluding carboxylic acids is 2. The van der Waals surface area contributed by atoms with Crippen LogP contribution in [-0.2, 0) is 22.6 Å². The van der Waals surface area contributed by atoms with Gasteiger partial charge in [0, 0.05) is 18.0 Å². The van der Waals surface area contributed by atoms with Crippen LogP contribution in [0.3, 0.4) is 0 Å². The highest BCUT2D eigenvalue weighted by atomic mass is 32.2. The largest absolute Gasteiger partial charge is 0.336 e. The Morgan fingerprint density at radius 3 is 2.50 bits per heavy atom. The van der Waals surface area contributed by atoms with E-state index in [0.29, 0.717) is 18.0 Å². The minimum Gasteiger partial charge on any atom is -0.336 e. The van der Waals surface area contributed by atoms with Crippen molar-refractivity contribution in [3.63, 3.8) is 0 Å². The van der Waals surface area contributed by atoms with Crippen LogP contribution in [-0.4, -0.2) is 29.8 Å².